The number of benzene rings is 1. The third-order valence-corrected chi connectivity index (χ3v) is 2.55. The number of anilines is 1. The summed E-state index contributed by atoms with van der Waals surface area (Å²) in [7, 11) is 0. The summed E-state index contributed by atoms with van der Waals surface area (Å²) in [6.07, 6.45) is -0.932. The predicted molar refractivity (Wildman–Crippen MR) is 73.6 cm³/mol. The summed E-state index contributed by atoms with van der Waals surface area (Å²) in [4.78, 5) is 26.6. The number of hydrogen-bond acceptors (Lipinski definition) is 4. The highest BCUT2D eigenvalue weighted by Crippen LogP contribution is 2.18. The molecule has 6 heteroatoms. The van der Waals surface area contributed by atoms with Crippen LogP contribution in [0.1, 0.15) is 16.1 Å². The lowest BCUT2D eigenvalue weighted by atomic mass is 10.2. The third kappa shape index (κ3) is 3.32. The second-order valence-corrected chi connectivity index (χ2v) is 4.02. The van der Waals surface area contributed by atoms with E-state index in [1.165, 1.54) is 6.07 Å². The quantitative estimate of drug-likeness (QED) is 0.893. The normalized spacial score (nSPS) is 9.85. The van der Waals surface area contributed by atoms with Gasteiger partial charge in [-0.15, -0.1) is 0 Å². The van der Waals surface area contributed by atoms with Crippen molar-refractivity contribution < 1.29 is 14.3 Å². The molecule has 3 N–H and O–H groups in total. The smallest absolute Gasteiger partial charge is 0.391 e. The van der Waals surface area contributed by atoms with E-state index >= 15 is 0 Å². The lowest BCUT2D eigenvalue weighted by Gasteiger charge is -2.09. The van der Waals surface area contributed by atoms with Gasteiger partial charge < -0.3 is 15.8 Å². The molecule has 0 bridgehead atoms. The molecule has 0 aliphatic heterocycles. The third-order valence-electron chi connectivity index (χ3n) is 2.55. The summed E-state index contributed by atoms with van der Waals surface area (Å²) in [5, 5.41) is 2.73. The van der Waals surface area contributed by atoms with Crippen molar-refractivity contribution in [1.29, 1.82) is 0 Å². The molecule has 20 heavy (non-hydrogen) atoms. The first kappa shape index (κ1) is 13.5. The van der Waals surface area contributed by atoms with Crippen LogP contribution in [0.25, 0.3) is 0 Å². The van der Waals surface area contributed by atoms with E-state index in [-0.39, 0.29) is 11.8 Å². The molecule has 2 aromatic rings. The van der Waals surface area contributed by atoms with Gasteiger partial charge in [0.1, 0.15) is 0 Å². The van der Waals surface area contributed by atoms with Gasteiger partial charge in [0, 0.05) is 11.6 Å². The number of carbonyl (C=O) groups is 2. The predicted octanol–water partition coefficient (Wildman–Crippen LogP) is 2.10. The summed E-state index contributed by atoms with van der Waals surface area (Å²) < 4.78 is 4.65. The van der Waals surface area contributed by atoms with E-state index in [4.69, 9.17) is 5.73 Å². The van der Waals surface area contributed by atoms with Crippen molar-refractivity contribution in [2.75, 3.05) is 5.32 Å². The minimum Gasteiger partial charge on any atom is -0.391 e. The van der Waals surface area contributed by atoms with Crippen molar-refractivity contribution in [2.24, 2.45) is 5.73 Å². The van der Waals surface area contributed by atoms with E-state index in [0.717, 1.165) is 0 Å². The molecule has 0 fully saturated rings. The van der Waals surface area contributed by atoms with Gasteiger partial charge in [-0.3, -0.25) is 4.79 Å². The van der Waals surface area contributed by atoms with Crippen molar-refractivity contribution in [3.05, 3.63) is 53.7 Å². The van der Waals surface area contributed by atoms with Crippen LogP contribution in [-0.2, 0) is 0 Å². The van der Waals surface area contributed by atoms with E-state index in [1.807, 2.05) is 6.07 Å². The van der Waals surface area contributed by atoms with Crippen molar-refractivity contribution in [3.8, 4) is 5.88 Å². The van der Waals surface area contributed by atoms with E-state index < -0.39 is 6.09 Å². The number of hydrogen-bond donors (Lipinski definition) is 2. The Morgan fingerprint density at radius 3 is 2.45 bits per heavy atom. The van der Waals surface area contributed by atoms with E-state index in [9.17, 15) is 9.59 Å². The maximum absolute atomic E-state index is 12.0. The minimum atomic E-state index is -0.932. The molecule has 2 rings (SSSR count). The molecular weight excluding hydrogens is 258 g/mol. The highest BCUT2D eigenvalue weighted by Gasteiger charge is 2.09. The maximum atomic E-state index is 12.0. The van der Waals surface area contributed by atoms with E-state index in [2.05, 4.69) is 15.0 Å². The molecule has 0 atom stereocenters. The number of amides is 2. The molecule has 102 valence electrons. The summed E-state index contributed by atoms with van der Waals surface area (Å²) in [6.45, 7) is 1.69. The summed E-state index contributed by atoms with van der Waals surface area (Å²) >= 11 is 0. The summed E-state index contributed by atoms with van der Waals surface area (Å²) in [5.74, 6) is -0.147. The molecule has 6 nitrogen and oxygen atoms in total. The molecule has 0 radical (unpaired) electrons. The fourth-order valence-corrected chi connectivity index (χ4v) is 1.61. The molecule has 0 aliphatic carbocycles. The number of primary amides is 1. The van der Waals surface area contributed by atoms with Crippen LogP contribution in [0.2, 0.25) is 0 Å². The van der Waals surface area contributed by atoms with Gasteiger partial charge in [-0.25, -0.2) is 9.78 Å². The van der Waals surface area contributed by atoms with Gasteiger partial charge in [-0.2, -0.15) is 0 Å². The number of aryl methyl sites for hydroxylation is 1. The summed E-state index contributed by atoms with van der Waals surface area (Å²) in [6, 6.07) is 11.9. The molecule has 1 aromatic carbocycles. The van der Waals surface area contributed by atoms with Crippen LogP contribution in [0.15, 0.2) is 42.5 Å². The fraction of sp³-hybridized carbons (Fsp3) is 0.0714. The number of nitrogens with zero attached hydrogens (tertiary/aromatic N) is 1. The first-order chi connectivity index (χ1) is 9.56. The van der Waals surface area contributed by atoms with E-state index in [1.54, 1.807) is 37.3 Å². The van der Waals surface area contributed by atoms with Gasteiger partial charge in [0.2, 0.25) is 5.88 Å². The zero-order valence-electron chi connectivity index (χ0n) is 10.8. The highest BCUT2D eigenvalue weighted by atomic mass is 16.6. The Labute approximate surface area is 115 Å². The van der Waals surface area contributed by atoms with Gasteiger partial charge in [-0.05, 0) is 25.1 Å². The molecule has 0 saturated carbocycles. The topological polar surface area (TPSA) is 94.3 Å². The Kier molecular flexibility index (Phi) is 3.95. The van der Waals surface area contributed by atoms with Gasteiger partial charge in [0.25, 0.3) is 5.91 Å². The first-order valence-electron chi connectivity index (χ1n) is 5.87. The number of nitrogens with one attached hydrogen (secondary N) is 1. The Bertz CT molecular complexity index is 641. The van der Waals surface area contributed by atoms with Crippen LogP contribution in [0.5, 0.6) is 5.88 Å². The molecule has 0 spiro atoms. The van der Waals surface area contributed by atoms with E-state index in [0.29, 0.717) is 16.9 Å². The zero-order valence-corrected chi connectivity index (χ0v) is 10.8. The molecular formula is C14H13N3O3. The van der Waals surface area contributed by atoms with Crippen molar-refractivity contribution in [2.45, 2.75) is 6.92 Å². The average molecular weight is 271 g/mol. The van der Waals surface area contributed by atoms with Crippen LogP contribution in [-0.4, -0.2) is 17.0 Å². The van der Waals surface area contributed by atoms with Gasteiger partial charge in [0.15, 0.2) is 0 Å². The SMILES string of the molecule is Cc1nc(OC(N)=O)ccc1NC(=O)c1ccccc1. The van der Waals surface area contributed by atoms with Gasteiger partial charge in [0.05, 0.1) is 11.4 Å². The van der Waals surface area contributed by atoms with Crippen molar-refractivity contribution in [3.63, 3.8) is 0 Å². The Balaban J connectivity index is 2.14. The Hall–Kier alpha value is -2.89. The van der Waals surface area contributed by atoms with Crippen molar-refractivity contribution >= 4 is 17.7 Å². The molecule has 0 saturated heterocycles. The lowest BCUT2D eigenvalue weighted by Crippen LogP contribution is -2.17. The van der Waals surface area contributed by atoms with Crippen LogP contribution in [0.4, 0.5) is 10.5 Å². The molecule has 1 aromatic heterocycles. The maximum Gasteiger partial charge on any atom is 0.411 e. The zero-order chi connectivity index (χ0) is 14.5. The number of aromatic nitrogens is 1. The number of pyridine rings is 1. The molecule has 0 unspecified atom stereocenters. The fourth-order valence-electron chi connectivity index (χ4n) is 1.61. The largest absolute Gasteiger partial charge is 0.411 e. The second kappa shape index (κ2) is 5.83. The monoisotopic (exact) mass is 271 g/mol. The number of ether oxygens (including phenoxy) is 1. The van der Waals surface area contributed by atoms with Gasteiger partial charge in [-0.1, -0.05) is 18.2 Å². The minimum absolute atomic E-state index is 0.0905. The second-order valence-electron chi connectivity index (χ2n) is 4.02. The van der Waals surface area contributed by atoms with Crippen LogP contribution in [0.3, 0.4) is 0 Å². The van der Waals surface area contributed by atoms with Crippen LogP contribution in [0, 0.1) is 6.92 Å². The first-order valence-corrected chi connectivity index (χ1v) is 5.87. The van der Waals surface area contributed by atoms with Crippen molar-refractivity contribution in [1.82, 2.24) is 4.98 Å². The number of rotatable bonds is 3. The Morgan fingerprint density at radius 2 is 1.85 bits per heavy atom. The Morgan fingerprint density at radius 1 is 1.15 bits per heavy atom. The number of carbonyl (C=O) groups excluding carboxylic acids is 2. The lowest BCUT2D eigenvalue weighted by molar-refractivity contribution is 0.102. The molecule has 1 heterocycles. The van der Waals surface area contributed by atoms with Crippen LogP contribution >= 0.6 is 0 Å². The van der Waals surface area contributed by atoms with Crippen LogP contribution < -0.4 is 15.8 Å². The summed E-state index contributed by atoms with van der Waals surface area (Å²) in [5.41, 5.74) is 6.50. The van der Waals surface area contributed by atoms with Gasteiger partial charge >= 0.3 is 6.09 Å². The number of nitrogens with two attached hydrogens (primary N) is 1. The molecule has 0 aliphatic rings. The highest BCUT2D eigenvalue weighted by molar-refractivity contribution is 6.04. The molecule has 2 amide bonds. The average Bonchev–Trinajstić information content (AvgIpc) is 2.42. The standard InChI is InChI=1S/C14H13N3O3/c1-9-11(7-8-12(16-9)20-14(15)19)17-13(18)10-5-3-2-4-6-10/h2-8H,1H3,(H2,15,19)(H,17,18).